The van der Waals surface area contributed by atoms with Crippen molar-refractivity contribution in [3.63, 3.8) is 0 Å². The van der Waals surface area contributed by atoms with E-state index in [0.29, 0.717) is 11.8 Å². The number of fused-ring (bicyclic) bond motifs is 12. The Morgan fingerprint density at radius 2 is 0.667 bits per heavy atom. The molecule has 0 N–H and O–H groups in total. The van der Waals surface area contributed by atoms with Crippen LogP contribution in [-0.4, -0.2) is 24.9 Å². The highest BCUT2D eigenvalue weighted by Crippen LogP contribution is 2.53. The Bertz CT molecular complexity index is 4700. The van der Waals surface area contributed by atoms with Crippen molar-refractivity contribution in [1.82, 2.24) is 8.80 Å². The molecule has 4 nitrogen and oxygen atoms in total. The number of hydrogen-bond donors (Lipinski definition) is 0. The van der Waals surface area contributed by atoms with Gasteiger partial charge in [0.25, 0.3) is 0 Å². The lowest BCUT2D eigenvalue weighted by Crippen LogP contribution is -2.37. The largest absolute Gasteiger partial charge is 0.309 e. The summed E-state index contributed by atoms with van der Waals surface area (Å²) in [6.07, 6.45) is 0. The quantitative estimate of drug-likeness (QED) is 0.113. The predicted octanol–water partition coefficient (Wildman–Crippen LogP) is 21.6. The van der Waals surface area contributed by atoms with E-state index in [9.17, 15) is 0 Å². The van der Waals surface area contributed by atoms with Gasteiger partial charge in [-0.05, 0) is 107 Å². The van der Waals surface area contributed by atoms with Crippen LogP contribution in [0.15, 0.2) is 231 Å². The molecule has 0 saturated heterocycles. The summed E-state index contributed by atoms with van der Waals surface area (Å²) in [5, 5.41) is 12.9. The highest BCUT2D eigenvalue weighted by atomic mass is 28.3. The van der Waals surface area contributed by atoms with Crippen LogP contribution in [-0.2, 0) is 0 Å². The lowest BCUT2D eigenvalue weighted by Gasteiger charge is -2.30. The number of nitrogens with zero attached hydrogens (tertiary/aromatic N) is 4. The maximum atomic E-state index is 2.58. The highest BCUT2D eigenvalue weighted by Gasteiger charge is 2.31. The van der Waals surface area contributed by atoms with E-state index >= 15 is 0 Å². The average molecular weight is 1120 g/mol. The fraction of sp³-hybridized carbons (Fsp3) is 0.154. The molecule has 0 saturated carbocycles. The number of para-hydroxylation sites is 2. The molecule has 410 valence electrons. The summed E-state index contributed by atoms with van der Waals surface area (Å²) >= 11 is 0. The molecule has 0 aliphatic heterocycles. The molecule has 4 heterocycles. The number of aromatic nitrogens is 2. The van der Waals surface area contributed by atoms with Crippen molar-refractivity contribution in [2.24, 2.45) is 0 Å². The Labute approximate surface area is 495 Å². The van der Waals surface area contributed by atoms with Gasteiger partial charge in [-0.15, -0.1) is 0 Å². The van der Waals surface area contributed by atoms with Crippen LogP contribution >= 0.6 is 0 Å². The Morgan fingerprint density at radius 1 is 0.310 bits per heavy atom. The second-order valence-electron chi connectivity index (χ2n) is 26.2. The molecule has 15 rings (SSSR count). The predicted molar refractivity (Wildman–Crippen MR) is 370 cm³/mol. The van der Waals surface area contributed by atoms with E-state index in [1.165, 1.54) is 143 Å². The van der Waals surface area contributed by atoms with Crippen LogP contribution < -0.4 is 20.2 Å². The fourth-order valence-electron chi connectivity index (χ4n) is 13.8. The summed E-state index contributed by atoms with van der Waals surface area (Å²) in [5.41, 5.74) is 21.9. The topological polar surface area (TPSA) is 15.3 Å². The molecular formula is C78H70N4Si2. The van der Waals surface area contributed by atoms with Gasteiger partial charge >= 0.3 is 0 Å². The molecule has 15 aromatic rings. The molecule has 6 heteroatoms. The van der Waals surface area contributed by atoms with Crippen molar-refractivity contribution in [2.75, 3.05) is 9.80 Å². The van der Waals surface area contributed by atoms with E-state index in [0.717, 1.165) is 11.4 Å². The van der Waals surface area contributed by atoms with Crippen molar-refractivity contribution < 1.29 is 0 Å². The average Bonchev–Trinajstić information content (AvgIpc) is 1.79. The zero-order valence-corrected chi connectivity index (χ0v) is 51.9. The third-order valence-corrected chi connectivity index (χ3v) is 22.3. The van der Waals surface area contributed by atoms with E-state index in [4.69, 9.17) is 0 Å². The first-order chi connectivity index (χ1) is 40.6. The molecule has 4 aromatic heterocycles. The third kappa shape index (κ3) is 8.05. The highest BCUT2D eigenvalue weighted by molar-refractivity contribution is 6.89. The molecule has 11 aromatic carbocycles. The summed E-state index contributed by atoms with van der Waals surface area (Å²) in [6.45, 7) is 23.8. The number of anilines is 6. The molecular weight excluding hydrogens is 1050 g/mol. The summed E-state index contributed by atoms with van der Waals surface area (Å²) in [7, 11) is -3.38. The zero-order valence-electron chi connectivity index (χ0n) is 49.9. The van der Waals surface area contributed by atoms with Gasteiger partial charge in [-0.1, -0.05) is 235 Å². The van der Waals surface area contributed by atoms with E-state index in [-0.39, 0.29) is 0 Å². The van der Waals surface area contributed by atoms with Crippen LogP contribution in [0.3, 0.4) is 0 Å². The van der Waals surface area contributed by atoms with Gasteiger partial charge in [0.05, 0.1) is 72.0 Å². The molecule has 0 aliphatic carbocycles. The summed E-state index contributed by atoms with van der Waals surface area (Å²) in [6, 6.07) is 88.3. The molecule has 0 fully saturated rings. The van der Waals surface area contributed by atoms with Gasteiger partial charge < -0.3 is 18.6 Å². The van der Waals surface area contributed by atoms with Gasteiger partial charge in [-0.3, -0.25) is 0 Å². The molecule has 0 aliphatic rings. The maximum Gasteiger partial charge on any atom is 0.0776 e. The molecule has 0 spiro atoms. The van der Waals surface area contributed by atoms with Crippen molar-refractivity contribution in [1.29, 1.82) is 0 Å². The van der Waals surface area contributed by atoms with E-state index in [1.807, 2.05) is 0 Å². The molecule has 0 atom stereocenters. The van der Waals surface area contributed by atoms with Crippen LogP contribution in [0.4, 0.5) is 34.1 Å². The zero-order chi connectivity index (χ0) is 57.5. The summed E-state index contributed by atoms with van der Waals surface area (Å²) < 4.78 is 5.17. The van der Waals surface area contributed by atoms with Crippen LogP contribution in [0.25, 0.3) is 98.4 Å². The van der Waals surface area contributed by atoms with Crippen molar-refractivity contribution in [3.8, 4) is 22.3 Å². The second-order valence-corrected chi connectivity index (χ2v) is 36.3. The third-order valence-electron chi connectivity index (χ3n) is 18.3. The van der Waals surface area contributed by atoms with Crippen LogP contribution in [0.5, 0.6) is 0 Å². The van der Waals surface area contributed by atoms with Crippen LogP contribution in [0.2, 0.25) is 39.3 Å². The Morgan fingerprint density at radius 3 is 1.04 bits per heavy atom. The second kappa shape index (κ2) is 19.3. The van der Waals surface area contributed by atoms with Crippen LogP contribution in [0, 0.1) is 0 Å². The van der Waals surface area contributed by atoms with Gasteiger partial charge in [0.2, 0.25) is 0 Å². The molecule has 0 bridgehead atoms. The normalized spacial score (nSPS) is 12.6. The summed E-state index contributed by atoms with van der Waals surface area (Å²) in [5.74, 6) is 0.841. The van der Waals surface area contributed by atoms with Gasteiger partial charge in [-0.25, -0.2) is 0 Å². The minimum absolute atomic E-state index is 0.421. The Balaban J connectivity index is 1.00. The first-order valence-corrected chi connectivity index (χ1v) is 37.1. The van der Waals surface area contributed by atoms with Crippen molar-refractivity contribution in [2.45, 2.75) is 78.8 Å². The lowest BCUT2D eigenvalue weighted by atomic mass is 9.98. The molecule has 0 amide bonds. The SMILES string of the molecule is CC(C)c1ccc(N(c2ccc([Si](C)(C)C)cc2-c2ccccc2)c2ccc3c4cc5c(cc4n4c6ccccc6c2c34)c2ccc(N(c3ccc(C(C)C)cc3)c3ccc([Si](C)(C)C)cc3-c3ccccc3)c3c4ccccc4n5c23)cc1. The Kier molecular flexibility index (Phi) is 11.9. The molecule has 84 heavy (non-hydrogen) atoms. The monoisotopic (exact) mass is 1120 g/mol. The first kappa shape index (κ1) is 51.9. The molecule has 0 unspecified atom stereocenters. The van der Waals surface area contributed by atoms with E-state index in [2.05, 4.69) is 316 Å². The minimum Gasteiger partial charge on any atom is -0.309 e. The smallest absolute Gasteiger partial charge is 0.0776 e. The maximum absolute atomic E-state index is 2.58. The molecule has 0 radical (unpaired) electrons. The Hall–Kier alpha value is -8.95. The van der Waals surface area contributed by atoms with Gasteiger partial charge in [0.15, 0.2) is 0 Å². The minimum atomic E-state index is -1.69. The van der Waals surface area contributed by atoms with Gasteiger partial charge in [0, 0.05) is 65.6 Å². The lowest BCUT2D eigenvalue weighted by molar-refractivity contribution is 0.866. The van der Waals surface area contributed by atoms with E-state index in [1.54, 1.807) is 0 Å². The number of hydrogen-bond acceptors (Lipinski definition) is 2. The van der Waals surface area contributed by atoms with Crippen molar-refractivity contribution in [3.05, 3.63) is 242 Å². The van der Waals surface area contributed by atoms with Gasteiger partial charge in [0.1, 0.15) is 0 Å². The first-order valence-electron chi connectivity index (χ1n) is 30.1. The van der Waals surface area contributed by atoms with Crippen LogP contribution in [0.1, 0.15) is 50.7 Å². The number of benzene rings is 11. The van der Waals surface area contributed by atoms with E-state index < -0.39 is 16.1 Å². The van der Waals surface area contributed by atoms with Crippen molar-refractivity contribution >= 4 is 137 Å². The standard InChI is InChI=1S/C78H70N4Si2/c1-49(2)51-29-33-55(34-30-51)79(69-41-37-57(83(5,6)7)45-63(69)53-21-13-11-14-22-53)71-43-39-59-65-47-74-66(48-73(65)81-67-27-19-17-25-61(67)75(71)77(59)81)60-40-44-72(76-62-26-18-20-28-68(62)82(74)78(60)76)80(56-35-31-52(32-36-56)50(3)4)70-42-38-58(84(8,9)10)46-64(70)54-23-15-12-16-24-54/h11-50H,1-10H3. The fourth-order valence-corrected chi connectivity index (χ4v) is 16.1. The van der Waals surface area contributed by atoms with Gasteiger partial charge in [-0.2, -0.15) is 0 Å². The summed E-state index contributed by atoms with van der Waals surface area (Å²) in [4.78, 5) is 5.11. The number of rotatable bonds is 12.